The first-order valence-corrected chi connectivity index (χ1v) is 7.30. The molecule has 0 fully saturated rings. The molecule has 1 heterocycles. The lowest BCUT2D eigenvalue weighted by Gasteiger charge is -2.10. The van der Waals surface area contributed by atoms with Crippen molar-refractivity contribution in [1.82, 2.24) is 5.32 Å². The average Bonchev–Trinajstić information content (AvgIpc) is 2.94. The number of aliphatic hydroxyl groups excluding tert-OH is 1. The summed E-state index contributed by atoms with van der Waals surface area (Å²) in [7, 11) is 0. The molecule has 2 aromatic rings. The molecule has 0 bridgehead atoms. The summed E-state index contributed by atoms with van der Waals surface area (Å²) in [6, 6.07) is 9.36. The summed E-state index contributed by atoms with van der Waals surface area (Å²) >= 11 is 1.57. The zero-order valence-corrected chi connectivity index (χ0v) is 11.8. The lowest BCUT2D eigenvalue weighted by atomic mass is 10.1. The summed E-state index contributed by atoms with van der Waals surface area (Å²) in [6.45, 7) is 1.14. The Morgan fingerprint density at radius 2 is 1.90 bits per heavy atom. The number of thiophene rings is 1. The van der Waals surface area contributed by atoms with Crippen LogP contribution >= 0.6 is 11.3 Å². The number of carboxylic acid groups (broad SMARTS) is 1. The van der Waals surface area contributed by atoms with Crippen molar-refractivity contribution in [2.45, 2.75) is 19.1 Å². The smallest absolute Gasteiger partial charge is 0.307 e. The first-order chi connectivity index (χ1) is 9.65. The first kappa shape index (κ1) is 14.7. The van der Waals surface area contributed by atoms with Crippen LogP contribution in [-0.2, 0) is 17.8 Å². The van der Waals surface area contributed by atoms with Crippen LogP contribution in [0.15, 0.2) is 41.1 Å². The van der Waals surface area contributed by atoms with Crippen molar-refractivity contribution in [3.8, 4) is 0 Å². The predicted octanol–water partition coefficient (Wildman–Crippen LogP) is 2.20. The van der Waals surface area contributed by atoms with Gasteiger partial charge in [0.2, 0.25) is 0 Å². The predicted molar refractivity (Wildman–Crippen MR) is 78.8 cm³/mol. The largest absolute Gasteiger partial charge is 0.481 e. The van der Waals surface area contributed by atoms with E-state index in [2.05, 4.69) is 5.32 Å². The minimum Gasteiger partial charge on any atom is -0.481 e. The third-order valence-corrected chi connectivity index (χ3v) is 3.67. The van der Waals surface area contributed by atoms with Gasteiger partial charge in [0.25, 0.3) is 0 Å². The molecule has 1 aromatic carbocycles. The molecule has 4 nitrogen and oxygen atoms in total. The van der Waals surface area contributed by atoms with Crippen molar-refractivity contribution in [1.29, 1.82) is 0 Å². The molecule has 20 heavy (non-hydrogen) atoms. The molecule has 0 spiro atoms. The Bertz CT molecular complexity index is 537. The van der Waals surface area contributed by atoms with Crippen molar-refractivity contribution < 1.29 is 15.0 Å². The molecule has 1 unspecified atom stereocenters. The van der Waals surface area contributed by atoms with Crippen molar-refractivity contribution >= 4 is 17.3 Å². The Kier molecular flexibility index (Phi) is 5.29. The number of benzene rings is 1. The topological polar surface area (TPSA) is 69.6 Å². The van der Waals surface area contributed by atoms with E-state index >= 15 is 0 Å². The van der Waals surface area contributed by atoms with Gasteiger partial charge in [-0.15, -0.1) is 0 Å². The fourth-order valence-corrected chi connectivity index (χ4v) is 2.59. The molecule has 0 aliphatic carbocycles. The van der Waals surface area contributed by atoms with Crippen LogP contribution in [-0.4, -0.2) is 22.7 Å². The van der Waals surface area contributed by atoms with E-state index in [1.165, 1.54) is 0 Å². The van der Waals surface area contributed by atoms with Gasteiger partial charge in [0, 0.05) is 13.1 Å². The standard InChI is InChI=1S/C15H17NO3S/c17-14(13-5-6-20-10-13)9-16-8-12-3-1-11(2-4-12)7-15(18)19/h1-6,10,14,16-17H,7-9H2,(H,18,19). The fraction of sp³-hybridized carbons (Fsp3) is 0.267. The quantitative estimate of drug-likeness (QED) is 0.731. The van der Waals surface area contributed by atoms with E-state index in [0.29, 0.717) is 13.1 Å². The van der Waals surface area contributed by atoms with Gasteiger partial charge in [0.05, 0.1) is 12.5 Å². The Labute approximate surface area is 121 Å². The van der Waals surface area contributed by atoms with Crippen LogP contribution in [0.3, 0.4) is 0 Å². The van der Waals surface area contributed by atoms with Crippen LogP contribution in [0.1, 0.15) is 22.8 Å². The minimum absolute atomic E-state index is 0.0462. The van der Waals surface area contributed by atoms with Crippen molar-refractivity contribution in [2.75, 3.05) is 6.54 Å². The van der Waals surface area contributed by atoms with Gasteiger partial charge < -0.3 is 15.5 Å². The number of nitrogens with one attached hydrogen (secondary N) is 1. The molecule has 0 saturated heterocycles. The second-order valence-corrected chi connectivity index (χ2v) is 5.37. The normalized spacial score (nSPS) is 12.2. The highest BCUT2D eigenvalue weighted by atomic mass is 32.1. The van der Waals surface area contributed by atoms with E-state index < -0.39 is 12.1 Å². The Balaban J connectivity index is 1.78. The van der Waals surface area contributed by atoms with Gasteiger partial charge >= 0.3 is 5.97 Å². The third kappa shape index (κ3) is 4.45. The molecule has 0 amide bonds. The number of hydrogen-bond donors (Lipinski definition) is 3. The van der Waals surface area contributed by atoms with E-state index in [1.807, 2.05) is 41.1 Å². The van der Waals surface area contributed by atoms with E-state index in [-0.39, 0.29) is 6.42 Å². The molecule has 0 aliphatic heterocycles. The van der Waals surface area contributed by atoms with Crippen molar-refractivity contribution in [3.63, 3.8) is 0 Å². The van der Waals surface area contributed by atoms with Crippen LogP contribution in [0, 0.1) is 0 Å². The fourth-order valence-electron chi connectivity index (χ4n) is 1.89. The van der Waals surface area contributed by atoms with Crippen molar-refractivity contribution in [2.24, 2.45) is 0 Å². The molecular formula is C15H17NO3S. The van der Waals surface area contributed by atoms with E-state index in [0.717, 1.165) is 16.7 Å². The summed E-state index contributed by atoms with van der Waals surface area (Å²) in [4.78, 5) is 10.6. The monoisotopic (exact) mass is 291 g/mol. The van der Waals surface area contributed by atoms with Crippen LogP contribution in [0.25, 0.3) is 0 Å². The van der Waals surface area contributed by atoms with Crippen LogP contribution in [0.4, 0.5) is 0 Å². The lowest BCUT2D eigenvalue weighted by Crippen LogP contribution is -2.20. The first-order valence-electron chi connectivity index (χ1n) is 6.35. The second-order valence-electron chi connectivity index (χ2n) is 4.59. The van der Waals surface area contributed by atoms with E-state index in [1.54, 1.807) is 11.3 Å². The van der Waals surface area contributed by atoms with Gasteiger partial charge in [-0.2, -0.15) is 11.3 Å². The maximum absolute atomic E-state index is 10.6. The summed E-state index contributed by atoms with van der Waals surface area (Å²) < 4.78 is 0. The molecule has 0 radical (unpaired) electrons. The van der Waals surface area contributed by atoms with Gasteiger partial charge in [-0.3, -0.25) is 4.79 Å². The summed E-state index contributed by atoms with van der Waals surface area (Å²) in [5.41, 5.74) is 2.79. The summed E-state index contributed by atoms with van der Waals surface area (Å²) in [5, 5.41) is 25.7. The zero-order valence-electron chi connectivity index (χ0n) is 11.0. The third-order valence-electron chi connectivity index (χ3n) is 2.97. The van der Waals surface area contributed by atoms with Crippen LogP contribution in [0.5, 0.6) is 0 Å². The minimum atomic E-state index is -0.824. The van der Waals surface area contributed by atoms with Gasteiger partial charge in [-0.05, 0) is 33.5 Å². The van der Waals surface area contributed by atoms with E-state index in [4.69, 9.17) is 5.11 Å². The maximum atomic E-state index is 10.6. The van der Waals surface area contributed by atoms with Gasteiger partial charge in [-0.1, -0.05) is 24.3 Å². The zero-order chi connectivity index (χ0) is 14.4. The Hall–Kier alpha value is -1.69. The van der Waals surface area contributed by atoms with E-state index in [9.17, 15) is 9.90 Å². The number of hydrogen-bond acceptors (Lipinski definition) is 4. The molecule has 5 heteroatoms. The Morgan fingerprint density at radius 1 is 1.20 bits per heavy atom. The molecule has 3 N–H and O–H groups in total. The second kappa shape index (κ2) is 7.19. The molecular weight excluding hydrogens is 274 g/mol. The number of aliphatic carboxylic acids is 1. The summed E-state index contributed by atoms with van der Waals surface area (Å²) in [5.74, 6) is -0.824. The summed E-state index contributed by atoms with van der Waals surface area (Å²) in [6.07, 6.45) is -0.447. The highest BCUT2D eigenvalue weighted by Gasteiger charge is 2.07. The SMILES string of the molecule is O=C(O)Cc1ccc(CNCC(O)c2ccsc2)cc1. The van der Waals surface area contributed by atoms with Crippen molar-refractivity contribution in [3.05, 3.63) is 57.8 Å². The maximum Gasteiger partial charge on any atom is 0.307 e. The van der Waals surface area contributed by atoms with Gasteiger partial charge in [0.15, 0.2) is 0 Å². The highest BCUT2D eigenvalue weighted by molar-refractivity contribution is 7.07. The number of carboxylic acids is 1. The lowest BCUT2D eigenvalue weighted by molar-refractivity contribution is -0.136. The molecule has 2 rings (SSSR count). The Morgan fingerprint density at radius 3 is 2.50 bits per heavy atom. The molecule has 1 atom stereocenters. The van der Waals surface area contributed by atoms with Gasteiger partial charge in [-0.25, -0.2) is 0 Å². The average molecular weight is 291 g/mol. The van der Waals surface area contributed by atoms with Crippen LogP contribution in [0.2, 0.25) is 0 Å². The number of aliphatic hydroxyl groups is 1. The molecule has 0 aliphatic rings. The highest BCUT2D eigenvalue weighted by Crippen LogP contribution is 2.15. The van der Waals surface area contributed by atoms with Crippen LogP contribution < -0.4 is 5.32 Å². The molecule has 1 aromatic heterocycles. The molecule has 106 valence electrons. The number of rotatable bonds is 7. The number of carbonyl (C=O) groups is 1. The molecule has 0 saturated carbocycles. The van der Waals surface area contributed by atoms with Gasteiger partial charge in [0.1, 0.15) is 0 Å².